The Bertz CT molecular complexity index is 587. The van der Waals surface area contributed by atoms with Crippen LogP contribution in [0.5, 0.6) is 11.5 Å². The molecular formula is C17H20BrNO2. The Morgan fingerprint density at radius 3 is 2.29 bits per heavy atom. The van der Waals surface area contributed by atoms with Crippen molar-refractivity contribution in [3.63, 3.8) is 0 Å². The molecule has 0 saturated carbocycles. The van der Waals surface area contributed by atoms with E-state index in [2.05, 4.69) is 40.3 Å². The summed E-state index contributed by atoms with van der Waals surface area (Å²) in [6, 6.07) is 14.4. The molecule has 1 atom stereocenters. The Morgan fingerprint density at radius 2 is 1.71 bits per heavy atom. The van der Waals surface area contributed by atoms with Gasteiger partial charge in [-0.3, -0.25) is 0 Å². The Kier molecular flexibility index (Phi) is 5.65. The number of hydrogen-bond acceptors (Lipinski definition) is 3. The summed E-state index contributed by atoms with van der Waals surface area (Å²) in [6.45, 7) is 2.96. The lowest BCUT2D eigenvalue weighted by molar-refractivity contribution is 0.392. The topological polar surface area (TPSA) is 30.5 Å². The summed E-state index contributed by atoms with van der Waals surface area (Å²) >= 11 is 3.50. The van der Waals surface area contributed by atoms with Crippen molar-refractivity contribution in [3.05, 3.63) is 58.1 Å². The number of rotatable bonds is 6. The van der Waals surface area contributed by atoms with Crippen LogP contribution in [0.2, 0.25) is 0 Å². The average Bonchev–Trinajstić information content (AvgIpc) is 2.53. The first-order chi connectivity index (χ1) is 10.2. The number of hydrogen-bond donors (Lipinski definition) is 1. The van der Waals surface area contributed by atoms with E-state index < -0.39 is 0 Å². The van der Waals surface area contributed by atoms with E-state index in [0.717, 1.165) is 28.1 Å². The minimum absolute atomic E-state index is 0.0631. The van der Waals surface area contributed by atoms with Gasteiger partial charge in [-0.25, -0.2) is 0 Å². The molecule has 0 aliphatic rings. The quantitative estimate of drug-likeness (QED) is 0.848. The lowest BCUT2D eigenvalue weighted by Gasteiger charge is -2.22. The van der Waals surface area contributed by atoms with E-state index in [9.17, 15) is 0 Å². The molecule has 0 spiro atoms. The van der Waals surface area contributed by atoms with E-state index >= 15 is 0 Å². The van der Waals surface area contributed by atoms with Crippen LogP contribution in [0, 0.1) is 0 Å². The van der Waals surface area contributed by atoms with Gasteiger partial charge < -0.3 is 14.8 Å². The maximum atomic E-state index is 5.55. The smallest absolute Gasteiger partial charge is 0.133 e. The molecular weight excluding hydrogens is 330 g/mol. The summed E-state index contributed by atoms with van der Waals surface area (Å²) in [7, 11) is 3.35. The first kappa shape index (κ1) is 15.9. The molecule has 2 aromatic rings. The van der Waals surface area contributed by atoms with Crippen molar-refractivity contribution in [1.82, 2.24) is 5.32 Å². The Hall–Kier alpha value is -1.52. The highest BCUT2D eigenvalue weighted by atomic mass is 79.9. The van der Waals surface area contributed by atoms with Crippen molar-refractivity contribution in [2.24, 2.45) is 0 Å². The first-order valence-corrected chi connectivity index (χ1v) is 7.70. The predicted molar refractivity (Wildman–Crippen MR) is 89.2 cm³/mol. The van der Waals surface area contributed by atoms with E-state index in [1.807, 2.05) is 30.3 Å². The second-order valence-corrected chi connectivity index (χ2v) is 5.48. The molecule has 0 heterocycles. The van der Waals surface area contributed by atoms with Crippen LogP contribution < -0.4 is 14.8 Å². The molecule has 21 heavy (non-hydrogen) atoms. The number of methoxy groups -OCH3 is 2. The third-order valence-corrected chi connectivity index (χ3v) is 3.98. The largest absolute Gasteiger partial charge is 0.496 e. The monoisotopic (exact) mass is 349 g/mol. The second kappa shape index (κ2) is 7.48. The van der Waals surface area contributed by atoms with Crippen molar-refractivity contribution in [1.29, 1.82) is 0 Å². The summed E-state index contributed by atoms with van der Waals surface area (Å²) in [4.78, 5) is 0. The molecule has 0 aliphatic heterocycles. The molecule has 0 saturated heterocycles. The van der Waals surface area contributed by atoms with Gasteiger partial charge in [0.1, 0.15) is 11.5 Å². The van der Waals surface area contributed by atoms with E-state index in [1.54, 1.807) is 14.2 Å². The van der Waals surface area contributed by atoms with Gasteiger partial charge in [0.2, 0.25) is 0 Å². The minimum atomic E-state index is 0.0631. The van der Waals surface area contributed by atoms with Crippen molar-refractivity contribution in [2.45, 2.75) is 13.0 Å². The fourth-order valence-corrected chi connectivity index (χ4v) is 2.85. The Balaban J connectivity index is 2.54. The molecule has 3 nitrogen and oxygen atoms in total. The van der Waals surface area contributed by atoms with E-state index in [0.29, 0.717) is 0 Å². The van der Waals surface area contributed by atoms with Gasteiger partial charge in [-0.2, -0.15) is 0 Å². The van der Waals surface area contributed by atoms with Crippen LogP contribution in [0.4, 0.5) is 0 Å². The molecule has 4 heteroatoms. The van der Waals surface area contributed by atoms with Crippen LogP contribution in [-0.4, -0.2) is 20.8 Å². The van der Waals surface area contributed by atoms with Crippen LogP contribution in [0.1, 0.15) is 24.1 Å². The van der Waals surface area contributed by atoms with Crippen LogP contribution >= 0.6 is 15.9 Å². The van der Waals surface area contributed by atoms with Gasteiger partial charge >= 0.3 is 0 Å². The zero-order valence-electron chi connectivity index (χ0n) is 12.5. The fraction of sp³-hybridized carbons (Fsp3) is 0.294. The maximum absolute atomic E-state index is 5.55. The maximum Gasteiger partial charge on any atom is 0.133 e. The summed E-state index contributed by atoms with van der Waals surface area (Å²) in [5, 5.41) is 3.51. The van der Waals surface area contributed by atoms with E-state index in [-0.39, 0.29) is 6.04 Å². The van der Waals surface area contributed by atoms with Gasteiger partial charge in [0, 0.05) is 5.56 Å². The predicted octanol–water partition coefficient (Wildman–Crippen LogP) is 4.17. The molecule has 2 aromatic carbocycles. The summed E-state index contributed by atoms with van der Waals surface area (Å²) in [5.74, 6) is 1.63. The van der Waals surface area contributed by atoms with Gasteiger partial charge in [0.15, 0.2) is 0 Å². The summed E-state index contributed by atoms with van der Waals surface area (Å²) in [5.41, 5.74) is 2.26. The van der Waals surface area contributed by atoms with Crippen LogP contribution in [0.3, 0.4) is 0 Å². The molecule has 0 fully saturated rings. The highest BCUT2D eigenvalue weighted by Gasteiger charge is 2.19. The molecule has 0 aliphatic carbocycles. The Labute approximate surface area is 134 Å². The van der Waals surface area contributed by atoms with E-state index in [1.165, 1.54) is 5.56 Å². The molecule has 0 bridgehead atoms. The van der Waals surface area contributed by atoms with Crippen molar-refractivity contribution in [2.75, 3.05) is 20.8 Å². The van der Waals surface area contributed by atoms with E-state index in [4.69, 9.17) is 9.47 Å². The standard InChI is InChI=1S/C17H20BrNO2/c1-4-19-17(12-8-6-5-7-9-12)13-10-16(21-3)14(18)11-15(13)20-2/h5-11,17,19H,4H2,1-3H3. The molecule has 1 N–H and O–H groups in total. The number of halogens is 1. The number of nitrogens with one attached hydrogen (secondary N) is 1. The number of benzene rings is 2. The molecule has 0 amide bonds. The number of ether oxygens (including phenoxy) is 2. The average molecular weight is 350 g/mol. The van der Waals surface area contributed by atoms with Crippen molar-refractivity contribution < 1.29 is 9.47 Å². The van der Waals surface area contributed by atoms with Gasteiger partial charge in [0.25, 0.3) is 0 Å². The highest BCUT2D eigenvalue weighted by Crippen LogP contribution is 2.37. The third-order valence-electron chi connectivity index (χ3n) is 3.36. The molecule has 0 radical (unpaired) electrons. The first-order valence-electron chi connectivity index (χ1n) is 6.91. The SMILES string of the molecule is CCNC(c1ccccc1)c1cc(OC)c(Br)cc1OC. The highest BCUT2D eigenvalue weighted by molar-refractivity contribution is 9.10. The molecule has 0 aromatic heterocycles. The fourth-order valence-electron chi connectivity index (χ4n) is 2.37. The minimum Gasteiger partial charge on any atom is -0.496 e. The van der Waals surface area contributed by atoms with Gasteiger partial charge in [-0.15, -0.1) is 0 Å². The molecule has 2 rings (SSSR count). The van der Waals surface area contributed by atoms with Gasteiger partial charge in [-0.05, 0) is 40.2 Å². The van der Waals surface area contributed by atoms with Gasteiger partial charge in [-0.1, -0.05) is 37.3 Å². The zero-order chi connectivity index (χ0) is 15.2. The zero-order valence-corrected chi connectivity index (χ0v) is 14.1. The summed E-state index contributed by atoms with van der Waals surface area (Å²) < 4.78 is 11.9. The second-order valence-electron chi connectivity index (χ2n) is 4.63. The Morgan fingerprint density at radius 1 is 1.05 bits per heavy atom. The van der Waals surface area contributed by atoms with Crippen LogP contribution in [0.15, 0.2) is 46.9 Å². The molecule has 112 valence electrons. The van der Waals surface area contributed by atoms with Crippen molar-refractivity contribution in [3.8, 4) is 11.5 Å². The lowest BCUT2D eigenvalue weighted by atomic mass is 9.97. The van der Waals surface area contributed by atoms with Crippen LogP contribution in [0.25, 0.3) is 0 Å². The third kappa shape index (κ3) is 3.57. The normalized spacial score (nSPS) is 12.0. The van der Waals surface area contributed by atoms with Crippen LogP contribution in [-0.2, 0) is 0 Å². The lowest BCUT2D eigenvalue weighted by Crippen LogP contribution is -2.22. The molecule has 1 unspecified atom stereocenters. The summed E-state index contributed by atoms with van der Waals surface area (Å²) in [6.07, 6.45) is 0. The van der Waals surface area contributed by atoms with Gasteiger partial charge in [0.05, 0.1) is 24.7 Å². The van der Waals surface area contributed by atoms with Crippen molar-refractivity contribution >= 4 is 15.9 Å².